The molecule has 0 radical (unpaired) electrons. The number of nitrogens with one attached hydrogen (secondary N) is 1. The van der Waals surface area contributed by atoms with Crippen LogP contribution >= 0.6 is 0 Å². The summed E-state index contributed by atoms with van der Waals surface area (Å²) in [6.07, 6.45) is 3.48. The zero-order valence-electron chi connectivity index (χ0n) is 22.6. The molecule has 2 aromatic carbocycles. The molecule has 0 aliphatic heterocycles. The van der Waals surface area contributed by atoms with Crippen LogP contribution in [0.3, 0.4) is 0 Å². The van der Waals surface area contributed by atoms with Gasteiger partial charge < -0.3 is 5.32 Å². The van der Waals surface area contributed by atoms with Gasteiger partial charge in [0.25, 0.3) is 11.8 Å². The van der Waals surface area contributed by atoms with E-state index in [0.29, 0.717) is 13.0 Å². The van der Waals surface area contributed by atoms with Gasteiger partial charge in [-0.3, -0.25) is 4.79 Å². The zero-order chi connectivity index (χ0) is 27.9. The van der Waals surface area contributed by atoms with E-state index < -0.39 is 35.2 Å². The minimum atomic E-state index is -4.79. The molecule has 1 N–H and O–H groups in total. The summed E-state index contributed by atoms with van der Waals surface area (Å²) in [5.74, 6) is -4.38. The molecule has 37 heavy (non-hydrogen) atoms. The Morgan fingerprint density at radius 2 is 1.54 bits per heavy atom. The van der Waals surface area contributed by atoms with E-state index in [1.807, 2.05) is 37.3 Å². The summed E-state index contributed by atoms with van der Waals surface area (Å²) >= 11 is 0. The van der Waals surface area contributed by atoms with Crippen molar-refractivity contribution < 1.29 is 26.7 Å². The highest BCUT2D eigenvalue weighted by Gasteiger charge is 2.43. The molecule has 1 aliphatic carbocycles. The maximum absolute atomic E-state index is 14.4. The van der Waals surface area contributed by atoms with Gasteiger partial charge in [-0.2, -0.15) is 13.2 Å². The topological polar surface area (TPSA) is 29.1 Å². The molecule has 1 fully saturated rings. The third-order valence-corrected chi connectivity index (χ3v) is 7.19. The van der Waals surface area contributed by atoms with Crippen molar-refractivity contribution in [3.63, 3.8) is 0 Å². The smallest absolute Gasteiger partial charge is 0.345 e. The van der Waals surface area contributed by atoms with Crippen LogP contribution in [-0.4, -0.2) is 5.91 Å². The molecule has 2 aromatic rings. The molecule has 0 spiro atoms. The largest absolute Gasteiger partial charge is 0.416 e. The lowest BCUT2D eigenvalue weighted by molar-refractivity contribution is -0.137. The van der Waals surface area contributed by atoms with Crippen LogP contribution in [0.4, 0.5) is 22.0 Å². The Morgan fingerprint density at radius 3 is 1.95 bits per heavy atom. The zero-order valence-corrected chi connectivity index (χ0v) is 22.6. The quantitative estimate of drug-likeness (QED) is 0.256. The molecular formula is C30H40F5NO. The molecule has 0 heterocycles. The van der Waals surface area contributed by atoms with Crippen LogP contribution in [0.5, 0.6) is 0 Å². The van der Waals surface area contributed by atoms with Gasteiger partial charge in [0, 0.05) is 12.5 Å². The summed E-state index contributed by atoms with van der Waals surface area (Å²) in [7, 11) is 0. The Balaban J connectivity index is 0.000000717. The fourth-order valence-electron chi connectivity index (χ4n) is 4.79. The Morgan fingerprint density at radius 1 is 0.973 bits per heavy atom. The molecule has 0 saturated heterocycles. The van der Waals surface area contributed by atoms with Crippen LogP contribution in [0, 0.1) is 5.41 Å². The molecule has 0 aromatic heterocycles. The van der Waals surface area contributed by atoms with Crippen molar-refractivity contribution in [2.75, 3.05) is 0 Å². The number of unbranched alkanes of at least 4 members (excludes halogenated alkanes) is 3. The molecule has 206 valence electrons. The molecule has 1 amide bonds. The Kier molecular flexibility index (Phi) is 10.7. The Labute approximate surface area is 218 Å². The number of hydrogen-bond acceptors (Lipinski definition) is 1. The molecule has 0 bridgehead atoms. The number of amides is 1. The highest BCUT2D eigenvalue weighted by atomic mass is 19.4. The van der Waals surface area contributed by atoms with E-state index in [9.17, 15) is 26.7 Å². The van der Waals surface area contributed by atoms with Gasteiger partial charge in [0.05, 0.1) is 17.2 Å². The van der Waals surface area contributed by atoms with Crippen molar-refractivity contribution in [2.45, 2.75) is 104 Å². The third-order valence-electron chi connectivity index (χ3n) is 7.19. The van der Waals surface area contributed by atoms with Crippen LogP contribution in [0.25, 0.3) is 0 Å². The van der Waals surface area contributed by atoms with Gasteiger partial charge in [-0.15, -0.1) is 0 Å². The first-order valence-corrected chi connectivity index (χ1v) is 13.3. The first kappa shape index (κ1) is 30.8. The van der Waals surface area contributed by atoms with E-state index in [2.05, 4.69) is 19.2 Å². The van der Waals surface area contributed by atoms with Crippen LogP contribution in [-0.2, 0) is 18.5 Å². The fourth-order valence-corrected chi connectivity index (χ4v) is 4.79. The summed E-state index contributed by atoms with van der Waals surface area (Å²) < 4.78 is 68.7. The second kappa shape index (κ2) is 12.9. The second-order valence-electron chi connectivity index (χ2n) is 10.3. The van der Waals surface area contributed by atoms with Crippen molar-refractivity contribution in [3.05, 3.63) is 70.3 Å². The monoisotopic (exact) mass is 525 g/mol. The van der Waals surface area contributed by atoms with E-state index in [1.54, 1.807) is 6.92 Å². The van der Waals surface area contributed by atoms with E-state index >= 15 is 0 Å². The van der Waals surface area contributed by atoms with E-state index in [1.165, 1.54) is 25.7 Å². The van der Waals surface area contributed by atoms with Gasteiger partial charge in [0.15, 0.2) is 0 Å². The van der Waals surface area contributed by atoms with Crippen molar-refractivity contribution in [1.82, 2.24) is 5.32 Å². The maximum atomic E-state index is 14.4. The number of halogens is 5. The van der Waals surface area contributed by atoms with Gasteiger partial charge in [0.2, 0.25) is 0 Å². The normalized spacial score (nSPS) is 15.7. The standard InChI is InChI=1S/C24H26F5NO.C6H14/c1-4-15-13-17(24(27,28)29)14-18(23(3,25)26)19(15)21(31)30-20(22(2)11-8-12-22)16-9-6-5-7-10-16;1-3-5-6-4-2/h5-7,9-10,13-14,20H,4,8,11-12H2,1-3H3,(H,30,31);3-6H2,1-2H3. The first-order valence-electron chi connectivity index (χ1n) is 13.3. The fraction of sp³-hybridized carbons (Fsp3) is 0.567. The van der Waals surface area contributed by atoms with Crippen molar-refractivity contribution in [3.8, 4) is 0 Å². The van der Waals surface area contributed by atoms with Crippen molar-refractivity contribution in [2.24, 2.45) is 5.41 Å². The Bertz CT molecular complexity index is 1000. The van der Waals surface area contributed by atoms with Gasteiger partial charge in [-0.05, 0) is 47.9 Å². The molecule has 1 saturated carbocycles. The van der Waals surface area contributed by atoms with Crippen LogP contribution in [0.1, 0.15) is 118 Å². The molecule has 7 heteroatoms. The van der Waals surface area contributed by atoms with Gasteiger partial charge in [0.1, 0.15) is 0 Å². The van der Waals surface area contributed by atoms with E-state index in [4.69, 9.17) is 0 Å². The number of benzene rings is 2. The van der Waals surface area contributed by atoms with Crippen LogP contribution < -0.4 is 5.32 Å². The number of carbonyl (C=O) groups excluding carboxylic acids is 1. The number of rotatable bonds is 9. The number of carbonyl (C=O) groups is 1. The third kappa shape index (κ3) is 8.02. The summed E-state index contributed by atoms with van der Waals surface area (Å²) in [6.45, 7) is 8.55. The van der Waals surface area contributed by atoms with Crippen molar-refractivity contribution >= 4 is 5.91 Å². The van der Waals surface area contributed by atoms with E-state index in [-0.39, 0.29) is 23.0 Å². The molecular weight excluding hydrogens is 485 g/mol. The summed E-state index contributed by atoms with van der Waals surface area (Å²) in [5.41, 5.74) is -1.90. The molecule has 3 rings (SSSR count). The average Bonchev–Trinajstić information content (AvgIpc) is 2.83. The Hall–Kier alpha value is -2.44. The van der Waals surface area contributed by atoms with Gasteiger partial charge >= 0.3 is 6.18 Å². The van der Waals surface area contributed by atoms with E-state index in [0.717, 1.165) is 30.9 Å². The number of alkyl halides is 5. The van der Waals surface area contributed by atoms with Gasteiger partial charge in [-0.1, -0.05) is 90.1 Å². The van der Waals surface area contributed by atoms with Gasteiger partial charge in [-0.25, -0.2) is 8.78 Å². The number of hydrogen-bond donors (Lipinski definition) is 1. The second-order valence-corrected chi connectivity index (χ2v) is 10.3. The number of aryl methyl sites for hydroxylation is 1. The summed E-state index contributed by atoms with van der Waals surface area (Å²) in [6, 6.07) is 9.99. The van der Waals surface area contributed by atoms with Crippen LogP contribution in [0.2, 0.25) is 0 Å². The lowest BCUT2D eigenvalue weighted by Gasteiger charge is -2.45. The highest BCUT2D eigenvalue weighted by molar-refractivity contribution is 5.98. The summed E-state index contributed by atoms with van der Waals surface area (Å²) in [5, 5.41) is 2.88. The molecule has 1 aliphatic rings. The molecule has 1 unspecified atom stereocenters. The predicted molar refractivity (Wildman–Crippen MR) is 139 cm³/mol. The first-order chi connectivity index (χ1) is 17.3. The molecule has 2 nitrogen and oxygen atoms in total. The highest BCUT2D eigenvalue weighted by Crippen LogP contribution is 2.50. The predicted octanol–water partition coefficient (Wildman–Crippen LogP) is 9.63. The van der Waals surface area contributed by atoms with Crippen LogP contribution in [0.15, 0.2) is 42.5 Å². The average molecular weight is 526 g/mol. The lowest BCUT2D eigenvalue weighted by atomic mass is 9.64. The van der Waals surface area contributed by atoms with Crippen molar-refractivity contribution in [1.29, 1.82) is 0 Å². The minimum Gasteiger partial charge on any atom is -0.345 e. The minimum absolute atomic E-state index is 0.0169. The molecule has 1 atom stereocenters. The SMILES string of the molecule is CCCCCC.CCc1cc(C(F)(F)F)cc(C(C)(F)F)c1C(=O)NC(c1ccccc1)C1(C)CCC1. The summed E-state index contributed by atoms with van der Waals surface area (Å²) in [4.78, 5) is 13.3. The maximum Gasteiger partial charge on any atom is 0.416 e. The lowest BCUT2D eigenvalue weighted by Crippen LogP contribution is -2.44.